The number of amides is 4. The molecule has 0 bridgehead atoms. The Bertz CT molecular complexity index is 1200. The van der Waals surface area contributed by atoms with Gasteiger partial charge in [-0.2, -0.15) is 0 Å². The lowest BCUT2D eigenvalue weighted by molar-refractivity contribution is -0.275. The van der Waals surface area contributed by atoms with Crippen LogP contribution in [0.5, 0.6) is 5.75 Å². The Morgan fingerprint density at radius 1 is 1.18 bits per heavy atom. The number of hydrogen-bond acceptors (Lipinski definition) is 9. The van der Waals surface area contributed by atoms with E-state index in [4.69, 9.17) is 0 Å². The Balaban J connectivity index is 0.00000191. The van der Waals surface area contributed by atoms with Crippen molar-refractivity contribution in [2.24, 2.45) is 0 Å². The normalized spacial score (nSPS) is 14.4. The Labute approximate surface area is 234 Å². The molecule has 2 aromatic rings. The first-order valence-electron chi connectivity index (χ1n) is 12.3. The van der Waals surface area contributed by atoms with Crippen LogP contribution in [0.3, 0.4) is 0 Å². The first-order valence-corrected chi connectivity index (χ1v) is 13.1. The molecule has 0 aliphatic carbocycles. The summed E-state index contributed by atoms with van der Waals surface area (Å²) >= 11 is 0.744. The molecule has 10 nitrogen and oxygen atoms in total. The molecule has 1 unspecified atom stereocenters. The summed E-state index contributed by atoms with van der Waals surface area (Å²) in [6, 6.07) is 6.63. The Morgan fingerprint density at radius 2 is 1.80 bits per heavy atom. The van der Waals surface area contributed by atoms with Gasteiger partial charge in [0.25, 0.3) is 5.91 Å². The van der Waals surface area contributed by atoms with Gasteiger partial charge in [0.1, 0.15) is 11.8 Å². The van der Waals surface area contributed by atoms with E-state index in [1.165, 1.54) is 37.3 Å². The van der Waals surface area contributed by atoms with Gasteiger partial charge in [0, 0.05) is 17.7 Å². The van der Waals surface area contributed by atoms with E-state index in [2.05, 4.69) is 9.46 Å². The number of benzene rings is 2. The fraction of sp³-hybridized carbons (Fsp3) is 0.360. The van der Waals surface area contributed by atoms with Crippen molar-refractivity contribution in [1.82, 2.24) is 10.2 Å². The minimum atomic E-state index is -4.91. The number of nitrogens with zero attached hydrogens (tertiary/aromatic N) is 1. The van der Waals surface area contributed by atoms with E-state index in [1.807, 2.05) is 33.0 Å². The number of anilines is 1. The molecule has 2 aromatic carbocycles. The Morgan fingerprint density at radius 3 is 2.35 bits per heavy atom. The maximum absolute atomic E-state index is 13.2. The highest BCUT2D eigenvalue weighted by atomic mass is 32.2. The summed E-state index contributed by atoms with van der Waals surface area (Å²) in [7, 11) is -2.18. The lowest BCUT2D eigenvalue weighted by atomic mass is 9.75. The van der Waals surface area contributed by atoms with Crippen molar-refractivity contribution in [2.45, 2.75) is 64.8 Å². The highest BCUT2D eigenvalue weighted by molar-refractivity contribution is 8.00. The number of hydrogen-bond donors (Lipinski definition) is 4. The first-order chi connectivity index (χ1) is 18.9. The molecule has 0 radical (unpaired) electrons. The number of nitrogens with one attached hydrogen (secondary N) is 2. The lowest BCUT2D eigenvalue weighted by Gasteiger charge is -2.29. The average molecular weight is 585 g/mol. The smallest absolute Gasteiger partial charge is 0.423 e. The van der Waals surface area contributed by atoms with Gasteiger partial charge in [0.2, 0.25) is 18.2 Å². The maximum atomic E-state index is 13.2. The number of piperidine rings is 1. The van der Waals surface area contributed by atoms with Crippen LogP contribution in [-0.4, -0.2) is 58.6 Å². The third-order valence-electron chi connectivity index (χ3n) is 5.11. The minimum Gasteiger partial charge on any atom is -0.423 e. The van der Waals surface area contributed by atoms with E-state index in [0.717, 1.165) is 18.0 Å². The molecule has 1 aliphatic rings. The SMILES string of the molecule is CC.CC.Cc1cc(NSc2ccccc2OC(F)(F)F)cc(B(O)O)c1C(=O)N(C=O)C1CCC(=O)NC1=O. The molecule has 0 saturated carbocycles. The molecule has 15 heteroatoms. The molecule has 40 heavy (non-hydrogen) atoms. The summed E-state index contributed by atoms with van der Waals surface area (Å²) in [6.07, 6.45) is -4.98. The van der Waals surface area contributed by atoms with Crippen LogP contribution < -0.4 is 20.2 Å². The fourth-order valence-corrected chi connectivity index (χ4v) is 4.27. The van der Waals surface area contributed by atoms with Crippen LogP contribution in [0.2, 0.25) is 0 Å². The van der Waals surface area contributed by atoms with Crippen LogP contribution in [0.4, 0.5) is 18.9 Å². The van der Waals surface area contributed by atoms with Gasteiger partial charge in [-0.3, -0.25) is 29.4 Å². The minimum absolute atomic E-state index is 0.0729. The predicted molar refractivity (Wildman–Crippen MR) is 145 cm³/mol. The van der Waals surface area contributed by atoms with E-state index in [-0.39, 0.29) is 46.4 Å². The van der Waals surface area contributed by atoms with E-state index in [0.29, 0.717) is 4.90 Å². The molecular formula is C25H31BF3N3O7S. The standard InChI is InChI=1S/C21H19BF3N3O7S.2C2H6/c1-11-8-12(27-36-16-5-3-2-4-15(16)35-21(23,24)25)9-13(22(33)34)18(11)20(32)28(10-29)14-6-7-17(30)26-19(14)31;2*1-2/h2-5,8-10,14,27,33-34H,6-7H2,1H3,(H,26,30,31);2*1-2H3. The van der Waals surface area contributed by atoms with Crippen molar-refractivity contribution in [3.63, 3.8) is 0 Å². The molecule has 4 N–H and O–H groups in total. The van der Waals surface area contributed by atoms with Crippen LogP contribution in [-0.2, 0) is 14.4 Å². The largest absolute Gasteiger partial charge is 0.573 e. The van der Waals surface area contributed by atoms with E-state index < -0.39 is 43.0 Å². The van der Waals surface area contributed by atoms with Crippen molar-refractivity contribution in [1.29, 1.82) is 0 Å². The highest BCUT2D eigenvalue weighted by Crippen LogP contribution is 2.34. The molecule has 1 atom stereocenters. The van der Waals surface area contributed by atoms with Crippen molar-refractivity contribution in [3.05, 3.63) is 47.5 Å². The van der Waals surface area contributed by atoms with E-state index in [9.17, 15) is 42.4 Å². The van der Waals surface area contributed by atoms with Crippen LogP contribution in [0.15, 0.2) is 41.3 Å². The molecule has 0 aromatic heterocycles. The zero-order chi connectivity index (χ0) is 30.6. The Kier molecular flexibility index (Phi) is 13.7. The van der Waals surface area contributed by atoms with Crippen molar-refractivity contribution < 1.29 is 47.1 Å². The van der Waals surface area contributed by atoms with Crippen molar-refractivity contribution in [3.8, 4) is 5.75 Å². The number of carbonyl (C=O) groups is 4. The van der Waals surface area contributed by atoms with Gasteiger partial charge < -0.3 is 19.5 Å². The quantitative estimate of drug-likeness (QED) is 0.159. The number of halogens is 3. The summed E-state index contributed by atoms with van der Waals surface area (Å²) < 4.78 is 44.7. The van der Waals surface area contributed by atoms with E-state index in [1.54, 1.807) is 0 Å². The van der Waals surface area contributed by atoms with Crippen LogP contribution in [0.25, 0.3) is 0 Å². The molecule has 1 fully saturated rings. The number of carbonyl (C=O) groups excluding carboxylic acids is 4. The van der Waals surface area contributed by atoms with Gasteiger partial charge in [0.15, 0.2) is 0 Å². The molecule has 1 saturated heterocycles. The van der Waals surface area contributed by atoms with Crippen LogP contribution in [0.1, 0.15) is 56.5 Å². The predicted octanol–water partition coefficient (Wildman–Crippen LogP) is 3.15. The molecule has 4 amide bonds. The molecule has 1 heterocycles. The van der Waals surface area contributed by atoms with Crippen molar-refractivity contribution >= 4 is 54.3 Å². The van der Waals surface area contributed by atoms with Crippen molar-refractivity contribution in [2.75, 3.05) is 4.72 Å². The number of rotatable bonds is 8. The highest BCUT2D eigenvalue weighted by Gasteiger charge is 2.37. The maximum Gasteiger partial charge on any atom is 0.573 e. The summed E-state index contributed by atoms with van der Waals surface area (Å²) in [6.45, 7) is 9.43. The van der Waals surface area contributed by atoms with Gasteiger partial charge in [-0.05, 0) is 60.6 Å². The third kappa shape index (κ3) is 9.28. The first kappa shape index (κ1) is 34.5. The summed E-state index contributed by atoms with van der Waals surface area (Å²) in [5.41, 5.74) is -0.217. The van der Waals surface area contributed by atoms with Gasteiger partial charge in [-0.1, -0.05) is 39.8 Å². The molecule has 218 valence electrons. The summed E-state index contributed by atoms with van der Waals surface area (Å²) in [5, 5.41) is 21.8. The van der Waals surface area contributed by atoms with E-state index >= 15 is 0 Å². The molecular weight excluding hydrogens is 554 g/mol. The molecule has 0 spiro atoms. The van der Waals surface area contributed by atoms with Crippen LogP contribution >= 0.6 is 11.9 Å². The number of para-hydroxylation sites is 1. The number of alkyl halides is 3. The second kappa shape index (κ2) is 15.9. The molecule has 3 rings (SSSR count). The average Bonchev–Trinajstić information content (AvgIpc) is 2.90. The third-order valence-corrected chi connectivity index (χ3v) is 6.00. The summed E-state index contributed by atoms with van der Waals surface area (Å²) in [4.78, 5) is 49.1. The number of ether oxygens (including phenoxy) is 1. The number of imide groups is 2. The second-order valence-electron chi connectivity index (χ2n) is 7.61. The van der Waals surface area contributed by atoms with Gasteiger partial charge in [-0.15, -0.1) is 13.2 Å². The lowest BCUT2D eigenvalue weighted by Crippen LogP contribution is -2.54. The number of aryl methyl sites for hydroxylation is 1. The zero-order valence-electron chi connectivity index (χ0n) is 22.5. The second-order valence-corrected chi connectivity index (χ2v) is 8.46. The Hall–Kier alpha value is -3.56. The monoisotopic (exact) mass is 585 g/mol. The van der Waals surface area contributed by atoms with Gasteiger partial charge in [0.05, 0.1) is 4.90 Å². The van der Waals surface area contributed by atoms with Gasteiger partial charge >= 0.3 is 13.5 Å². The zero-order valence-corrected chi connectivity index (χ0v) is 23.4. The fourth-order valence-electron chi connectivity index (χ4n) is 3.57. The topological polar surface area (TPSA) is 145 Å². The summed E-state index contributed by atoms with van der Waals surface area (Å²) in [5.74, 6) is -2.85. The van der Waals surface area contributed by atoms with Crippen LogP contribution in [0, 0.1) is 6.92 Å². The molecule has 1 aliphatic heterocycles. The van der Waals surface area contributed by atoms with Gasteiger partial charge in [-0.25, -0.2) is 0 Å².